The molecule has 0 bridgehead atoms. The summed E-state index contributed by atoms with van der Waals surface area (Å²) in [5.74, 6) is -2.78. The Hall–Kier alpha value is -3.48. The maximum Gasteiger partial charge on any atom is 0.335 e. The topological polar surface area (TPSA) is 73.7 Å². The van der Waals surface area contributed by atoms with E-state index in [2.05, 4.69) is 22.2 Å². The number of carbonyl (C=O) groups is 1. The lowest BCUT2D eigenvalue weighted by molar-refractivity contribution is 0.0697. The molecule has 0 aliphatic carbocycles. The second kappa shape index (κ2) is 6.79. The number of halogens is 2. The molecule has 0 aromatic heterocycles. The fraction of sp³-hybridized carbons (Fsp3) is 0.0526. The van der Waals surface area contributed by atoms with Crippen molar-refractivity contribution < 1.29 is 18.7 Å². The third-order valence-electron chi connectivity index (χ3n) is 3.92. The van der Waals surface area contributed by atoms with E-state index in [1.54, 1.807) is 13.1 Å². The van der Waals surface area contributed by atoms with E-state index < -0.39 is 17.6 Å². The highest BCUT2D eigenvalue weighted by Crippen LogP contribution is 2.31. The van der Waals surface area contributed by atoms with Gasteiger partial charge in [0.15, 0.2) is 0 Å². The predicted octanol–water partition coefficient (Wildman–Crippen LogP) is 3.42. The van der Waals surface area contributed by atoms with E-state index in [4.69, 9.17) is 0 Å². The Kier molecular flexibility index (Phi) is 4.53. The Morgan fingerprint density at radius 1 is 1.27 bits per heavy atom. The lowest BCUT2D eigenvalue weighted by Crippen LogP contribution is -2.26. The number of benzene rings is 2. The van der Waals surface area contributed by atoms with Gasteiger partial charge in [-0.05, 0) is 36.4 Å². The molecule has 2 aromatic rings. The number of rotatable bonds is 4. The number of hydrogen-bond donors (Lipinski definition) is 3. The highest BCUT2D eigenvalue weighted by atomic mass is 19.1. The number of amidine groups is 1. The minimum absolute atomic E-state index is 0.0124. The van der Waals surface area contributed by atoms with Crippen LogP contribution in [-0.2, 0) is 0 Å². The fourth-order valence-electron chi connectivity index (χ4n) is 2.72. The van der Waals surface area contributed by atoms with Gasteiger partial charge in [-0.2, -0.15) is 0 Å². The number of aliphatic imine (C=N–C) groups is 1. The molecule has 132 valence electrons. The van der Waals surface area contributed by atoms with Crippen molar-refractivity contribution in [3.63, 3.8) is 0 Å². The molecule has 0 saturated carbocycles. The minimum Gasteiger partial charge on any atom is -0.478 e. The van der Waals surface area contributed by atoms with E-state index in [1.165, 1.54) is 24.3 Å². The SMILES string of the molecule is C=CC1=C(NC)c2ccc(C(=O)O)cc2N=C(c2c(F)cccc2F)N1. The number of nitrogens with zero attached hydrogens (tertiary/aromatic N) is 1. The van der Waals surface area contributed by atoms with Crippen LogP contribution in [0.25, 0.3) is 5.70 Å². The third-order valence-corrected chi connectivity index (χ3v) is 3.92. The van der Waals surface area contributed by atoms with Crippen LogP contribution in [0.1, 0.15) is 21.5 Å². The second-order valence-electron chi connectivity index (χ2n) is 5.46. The van der Waals surface area contributed by atoms with Gasteiger partial charge in [-0.1, -0.05) is 12.6 Å². The molecular formula is C19H15F2N3O2. The summed E-state index contributed by atoms with van der Waals surface area (Å²) in [6.07, 6.45) is 1.49. The minimum atomic E-state index is -1.13. The molecule has 26 heavy (non-hydrogen) atoms. The molecule has 0 spiro atoms. The Morgan fingerprint density at radius 3 is 2.54 bits per heavy atom. The van der Waals surface area contributed by atoms with Gasteiger partial charge in [0.05, 0.1) is 28.2 Å². The zero-order valence-corrected chi connectivity index (χ0v) is 13.8. The molecule has 5 nitrogen and oxygen atoms in total. The summed E-state index contributed by atoms with van der Waals surface area (Å²) in [6, 6.07) is 7.87. The van der Waals surface area contributed by atoms with Gasteiger partial charge < -0.3 is 15.7 Å². The lowest BCUT2D eigenvalue weighted by atomic mass is 10.0. The zero-order chi connectivity index (χ0) is 18.8. The largest absolute Gasteiger partial charge is 0.478 e. The van der Waals surface area contributed by atoms with E-state index in [-0.39, 0.29) is 22.6 Å². The van der Waals surface area contributed by atoms with Crippen LogP contribution in [-0.4, -0.2) is 24.0 Å². The van der Waals surface area contributed by atoms with E-state index >= 15 is 0 Å². The van der Waals surface area contributed by atoms with Gasteiger partial charge in [-0.25, -0.2) is 18.6 Å². The predicted molar refractivity (Wildman–Crippen MR) is 95.3 cm³/mol. The van der Waals surface area contributed by atoms with Crippen molar-refractivity contribution in [1.29, 1.82) is 0 Å². The highest BCUT2D eigenvalue weighted by molar-refractivity contribution is 6.05. The van der Waals surface area contributed by atoms with Gasteiger partial charge in [-0.15, -0.1) is 0 Å². The highest BCUT2D eigenvalue weighted by Gasteiger charge is 2.22. The van der Waals surface area contributed by atoms with Crippen molar-refractivity contribution in [2.24, 2.45) is 4.99 Å². The Morgan fingerprint density at radius 2 is 1.96 bits per heavy atom. The van der Waals surface area contributed by atoms with E-state index in [9.17, 15) is 18.7 Å². The second-order valence-corrected chi connectivity index (χ2v) is 5.46. The summed E-state index contributed by atoms with van der Waals surface area (Å²) in [6.45, 7) is 3.72. The molecule has 1 aliphatic rings. The number of fused-ring (bicyclic) bond motifs is 1. The van der Waals surface area contributed by atoms with Crippen molar-refractivity contribution >= 4 is 23.2 Å². The normalized spacial score (nSPS) is 13.3. The average Bonchev–Trinajstić information content (AvgIpc) is 2.76. The summed E-state index contributed by atoms with van der Waals surface area (Å²) in [7, 11) is 1.67. The van der Waals surface area contributed by atoms with Gasteiger partial charge in [0.25, 0.3) is 0 Å². The molecule has 7 heteroatoms. The monoisotopic (exact) mass is 355 g/mol. The van der Waals surface area contributed by atoms with E-state index in [0.717, 1.165) is 12.1 Å². The van der Waals surface area contributed by atoms with Crippen LogP contribution in [0.4, 0.5) is 14.5 Å². The first-order valence-corrected chi connectivity index (χ1v) is 7.68. The summed E-state index contributed by atoms with van der Waals surface area (Å²) in [5, 5.41) is 15.1. The van der Waals surface area contributed by atoms with Crippen molar-refractivity contribution in [3.05, 3.63) is 83.1 Å². The Balaban J connectivity index is 2.32. The van der Waals surface area contributed by atoms with Crippen molar-refractivity contribution in [2.45, 2.75) is 0 Å². The van der Waals surface area contributed by atoms with Crippen molar-refractivity contribution in [3.8, 4) is 0 Å². The first kappa shape index (κ1) is 17.3. The van der Waals surface area contributed by atoms with Crippen LogP contribution < -0.4 is 10.6 Å². The number of aromatic carboxylic acids is 1. The molecule has 2 aromatic carbocycles. The number of allylic oxidation sites excluding steroid dienone is 1. The molecule has 3 rings (SSSR count). The van der Waals surface area contributed by atoms with Crippen LogP contribution in [0.5, 0.6) is 0 Å². The number of hydrogen-bond acceptors (Lipinski definition) is 4. The maximum atomic E-state index is 14.2. The molecule has 0 fully saturated rings. The van der Waals surface area contributed by atoms with Gasteiger partial charge in [0.1, 0.15) is 17.5 Å². The number of nitrogens with one attached hydrogen (secondary N) is 2. The number of carboxylic acid groups (broad SMARTS) is 1. The standard InChI is InChI=1S/C19H15F2N3O2/c1-3-14-17(22-2)11-8-7-10(19(25)26)9-15(11)24-18(23-14)16-12(20)5-4-6-13(16)21/h3-9,22H,1H2,2H3,(H,23,24)(H,25,26). The smallest absolute Gasteiger partial charge is 0.335 e. The van der Waals surface area contributed by atoms with Crippen LogP contribution in [0.2, 0.25) is 0 Å². The summed E-state index contributed by atoms with van der Waals surface area (Å²) >= 11 is 0. The van der Waals surface area contributed by atoms with Crippen LogP contribution in [0.3, 0.4) is 0 Å². The van der Waals surface area contributed by atoms with Crippen molar-refractivity contribution in [1.82, 2.24) is 10.6 Å². The van der Waals surface area contributed by atoms with Crippen molar-refractivity contribution in [2.75, 3.05) is 7.05 Å². The average molecular weight is 355 g/mol. The summed E-state index contributed by atoms with van der Waals surface area (Å²) in [4.78, 5) is 15.6. The van der Waals surface area contributed by atoms with Crippen LogP contribution >= 0.6 is 0 Å². The quantitative estimate of drug-likeness (QED) is 0.786. The van der Waals surface area contributed by atoms with Gasteiger partial charge in [-0.3, -0.25) is 0 Å². The third kappa shape index (κ3) is 2.95. The molecule has 1 heterocycles. The zero-order valence-electron chi connectivity index (χ0n) is 13.8. The Labute approximate surface area is 148 Å². The molecular weight excluding hydrogens is 340 g/mol. The fourth-order valence-corrected chi connectivity index (χ4v) is 2.72. The molecule has 3 N–H and O–H groups in total. The Bertz CT molecular complexity index is 960. The molecule has 0 saturated heterocycles. The van der Waals surface area contributed by atoms with Crippen LogP contribution in [0, 0.1) is 11.6 Å². The van der Waals surface area contributed by atoms with Gasteiger partial charge >= 0.3 is 5.97 Å². The maximum absolute atomic E-state index is 14.2. The van der Waals surface area contributed by atoms with Crippen LogP contribution in [0.15, 0.2) is 59.7 Å². The number of carboxylic acids is 1. The summed E-state index contributed by atoms with van der Waals surface area (Å²) < 4.78 is 28.5. The van der Waals surface area contributed by atoms with Gasteiger partial charge in [0.2, 0.25) is 0 Å². The summed E-state index contributed by atoms with van der Waals surface area (Å²) in [5.41, 5.74) is 1.54. The lowest BCUT2D eigenvalue weighted by Gasteiger charge is -2.13. The molecule has 0 atom stereocenters. The van der Waals surface area contributed by atoms with Gasteiger partial charge in [0, 0.05) is 12.6 Å². The molecule has 0 unspecified atom stereocenters. The first-order valence-electron chi connectivity index (χ1n) is 7.68. The first-order chi connectivity index (χ1) is 12.5. The van der Waals surface area contributed by atoms with E-state index in [1.807, 2.05) is 0 Å². The molecule has 0 amide bonds. The van der Waals surface area contributed by atoms with E-state index in [0.29, 0.717) is 17.0 Å². The molecule has 0 radical (unpaired) electrons. The molecule has 1 aliphatic heterocycles.